The molecule has 0 aliphatic carbocycles. The van der Waals surface area contributed by atoms with Gasteiger partial charge < -0.3 is 4.74 Å². The number of aryl methyl sites for hydroxylation is 1. The maximum Gasteiger partial charge on any atom is 0.387 e. The van der Waals surface area contributed by atoms with Crippen LogP contribution < -0.4 is 4.74 Å². The van der Waals surface area contributed by atoms with Gasteiger partial charge in [-0.2, -0.15) is 8.78 Å². The second-order valence-electron chi connectivity index (χ2n) is 3.87. The summed E-state index contributed by atoms with van der Waals surface area (Å²) in [7, 11) is 0. The summed E-state index contributed by atoms with van der Waals surface area (Å²) in [6, 6.07) is 11.0. The Morgan fingerprint density at radius 2 is 1.56 bits per heavy atom. The summed E-state index contributed by atoms with van der Waals surface area (Å²) in [5, 5.41) is 0. The fraction of sp³-hybridized carbons (Fsp3) is 0.143. The van der Waals surface area contributed by atoms with Crippen molar-refractivity contribution in [3.63, 3.8) is 0 Å². The highest BCUT2D eigenvalue weighted by Gasteiger charge is 2.05. The highest BCUT2D eigenvalue weighted by molar-refractivity contribution is 5.64. The number of halogens is 3. The molecule has 18 heavy (non-hydrogen) atoms. The molecule has 94 valence electrons. The van der Waals surface area contributed by atoms with Crippen molar-refractivity contribution in [3.8, 4) is 16.9 Å². The lowest BCUT2D eigenvalue weighted by molar-refractivity contribution is -0.0498. The molecule has 0 bridgehead atoms. The van der Waals surface area contributed by atoms with Crippen molar-refractivity contribution in [3.05, 3.63) is 53.8 Å². The van der Waals surface area contributed by atoms with Crippen LogP contribution in [0.4, 0.5) is 13.2 Å². The maximum absolute atomic E-state index is 13.1. The molecule has 0 N–H and O–H groups in total. The summed E-state index contributed by atoms with van der Waals surface area (Å²) >= 11 is 0. The topological polar surface area (TPSA) is 9.23 Å². The van der Waals surface area contributed by atoms with Gasteiger partial charge in [-0.1, -0.05) is 18.2 Å². The van der Waals surface area contributed by atoms with Gasteiger partial charge in [0, 0.05) is 0 Å². The number of benzene rings is 2. The number of hydrogen-bond donors (Lipinski definition) is 0. The van der Waals surface area contributed by atoms with E-state index in [-0.39, 0.29) is 11.6 Å². The summed E-state index contributed by atoms with van der Waals surface area (Å²) < 4.78 is 41.3. The van der Waals surface area contributed by atoms with E-state index in [0.717, 1.165) is 11.1 Å². The third-order valence-electron chi connectivity index (χ3n) is 2.57. The van der Waals surface area contributed by atoms with E-state index < -0.39 is 6.61 Å². The molecule has 0 saturated carbocycles. The number of alkyl halides is 2. The zero-order chi connectivity index (χ0) is 13.1. The third-order valence-corrected chi connectivity index (χ3v) is 2.57. The molecule has 2 aromatic rings. The van der Waals surface area contributed by atoms with E-state index in [9.17, 15) is 13.2 Å². The van der Waals surface area contributed by atoms with Crippen LogP contribution in [0.15, 0.2) is 42.5 Å². The molecule has 0 atom stereocenters. The van der Waals surface area contributed by atoms with E-state index in [1.807, 2.05) is 0 Å². The first-order valence-corrected chi connectivity index (χ1v) is 5.37. The Labute approximate surface area is 103 Å². The summed E-state index contributed by atoms with van der Waals surface area (Å²) in [5.74, 6) is -0.163. The molecule has 0 heterocycles. The zero-order valence-electron chi connectivity index (χ0n) is 9.66. The van der Waals surface area contributed by atoms with Crippen molar-refractivity contribution in [2.24, 2.45) is 0 Å². The first-order chi connectivity index (χ1) is 8.56. The summed E-state index contributed by atoms with van der Waals surface area (Å²) in [4.78, 5) is 0. The molecule has 0 saturated heterocycles. The molecular formula is C14H11F3O. The van der Waals surface area contributed by atoms with Crippen LogP contribution in [0.3, 0.4) is 0 Å². The molecule has 0 fully saturated rings. The van der Waals surface area contributed by atoms with Crippen molar-refractivity contribution in [1.82, 2.24) is 0 Å². The van der Waals surface area contributed by atoms with Gasteiger partial charge in [0.05, 0.1) is 0 Å². The molecule has 0 radical (unpaired) electrons. The van der Waals surface area contributed by atoms with E-state index in [4.69, 9.17) is 0 Å². The maximum atomic E-state index is 13.1. The minimum atomic E-state index is -2.83. The lowest BCUT2D eigenvalue weighted by Gasteiger charge is -2.07. The van der Waals surface area contributed by atoms with Crippen molar-refractivity contribution < 1.29 is 17.9 Å². The lowest BCUT2D eigenvalue weighted by Crippen LogP contribution is -2.01. The quantitative estimate of drug-likeness (QED) is 0.786. The first kappa shape index (κ1) is 12.5. The fourth-order valence-corrected chi connectivity index (χ4v) is 1.65. The SMILES string of the molecule is Cc1cc(-c2ccc(OC(F)F)cc2)ccc1F. The standard InChI is InChI=1S/C14H11F3O/c1-9-8-11(4-7-13(9)15)10-2-5-12(6-3-10)18-14(16)17/h2-8,14H,1H3. The van der Waals surface area contributed by atoms with Gasteiger partial charge in [0.15, 0.2) is 0 Å². The normalized spacial score (nSPS) is 10.7. The van der Waals surface area contributed by atoms with E-state index in [1.54, 1.807) is 31.2 Å². The molecule has 4 heteroatoms. The van der Waals surface area contributed by atoms with E-state index in [0.29, 0.717) is 5.56 Å². The number of rotatable bonds is 3. The van der Waals surface area contributed by atoms with Gasteiger partial charge >= 0.3 is 6.61 Å². The second-order valence-corrected chi connectivity index (χ2v) is 3.87. The largest absolute Gasteiger partial charge is 0.435 e. The van der Waals surface area contributed by atoms with Gasteiger partial charge in [0.1, 0.15) is 11.6 Å². The van der Waals surface area contributed by atoms with Crippen LogP contribution >= 0.6 is 0 Å². The molecule has 0 aliphatic rings. The van der Waals surface area contributed by atoms with Crippen LogP contribution in [0.2, 0.25) is 0 Å². The van der Waals surface area contributed by atoms with Gasteiger partial charge in [0.2, 0.25) is 0 Å². The van der Waals surface area contributed by atoms with Crippen LogP contribution in [-0.2, 0) is 0 Å². The third kappa shape index (κ3) is 2.83. The van der Waals surface area contributed by atoms with E-state index in [1.165, 1.54) is 18.2 Å². The predicted molar refractivity (Wildman–Crippen MR) is 63.2 cm³/mol. The Bertz CT molecular complexity index is 535. The Balaban J connectivity index is 2.25. The molecule has 2 rings (SSSR count). The first-order valence-electron chi connectivity index (χ1n) is 5.37. The molecule has 0 unspecified atom stereocenters. The predicted octanol–water partition coefficient (Wildman–Crippen LogP) is 4.40. The smallest absolute Gasteiger partial charge is 0.387 e. The minimum Gasteiger partial charge on any atom is -0.435 e. The molecule has 1 nitrogen and oxygen atoms in total. The molecule has 0 amide bonds. The van der Waals surface area contributed by atoms with Gasteiger partial charge in [-0.15, -0.1) is 0 Å². The van der Waals surface area contributed by atoms with Gasteiger partial charge in [-0.25, -0.2) is 4.39 Å². The highest BCUT2D eigenvalue weighted by Crippen LogP contribution is 2.24. The van der Waals surface area contributed by atoms with Crippen molar-refractivity contribution in [1.29, 1.82) is 0 Å². The highest BCUT2D eigenvalue weighted by atomic mass is 19.3. The molecule has 0 spiro atoms. The fourth-order valence-electron chi connectivity index (χ4n) is 1.65. The summed E-state index contributed by atoms with van der Waals surface area (Å²) in [6.07, 6.45) is 0. The van der Waals surface area contributed by atoms with Crippen LogP contribution in [0, 0.1) is 12.7 Å². The van der Waals surface area contributed by atoms with Crippen LogP contribution in [0.25, 0.3) is 11.1 Å². The lowest BCUT2D eigenvalue weighted by atomic mass is 10.0. The Morgan fingerprint density at radius 1 is 0.944 bits per heavy atom. The van der Waals surface area contributed by atoms with Gasteiger partial charge in [-0.05, 0) is 47.9 Å². The number of ether oxygens (including phenoxy) is 1. The molecule has 0 aliphatic heterocycles. The van der Waals surface area contributed by atoms with Crippen LogP contribution in [0.1, 0.15) is 5.56 Å². The molecule has 2 aromatic carbocycles. The molecular weight excluding hydrogens is 241 g/mol. The monoisotopic (exact) mass is 252 g/mol. The Hall–Kier alpha value is -1.97. The van der Waals surface area contributed by atoms with Crippen LogP contribution in [0.5, 0.6) is 5.75 Å². The van der Waals surface area contributed by atoms with Crippen molar-refractivity contribution >= 4 is 0 Å². The van der Waals surface area contributed by atoms with Crippen molar-refractivity contribution in [2.45, 2.75) is 13.5 Å². The van der Waals surface area contributed by atoms with Crippen LogP contribution in [-0.4, -0.2) is 6.61 Å². The summed E-state index contributed by atoms with van der Waals surface area (Å²) in [5.41, 5.74) is 2.19. The Morgan fingerprint density at radius 3 is 2.11 bits per heavy atom. The summed E-state index contributed by atoms with van der Waals surface area (Å²) in [6.45, 7) is -1.16. The second kappa shape index (κ2) is 5.12. The average Bonchev–Trinajstić information content (AvgIpc) is 2.33. The Kier molecular flexibility index (Phi) is 3.55. The van der Waals surface area contributed by atoms with E-state index in [2.05, 4.69) is 4.74 Å². The molecule has 0 aromatic heterocycles. The van der Waals surface area contributed by atoms with Gasteiger partial charge in [-0.3, -0.25) is 0 Å². The average molecular weight is 252 g/mol. The van der Waals surface area contributed by atoms with Gasteiger partial charge in [0.25, 0.3) is 0 Å². The minimum absolute atomic E-state index is 0.104. The number of hydrogen-bond acceptors (Lipinski definition) is 1. The zero-order valence-corrected chi connectivity index (χ0v) is 9.66. The van der Waals surface area contributed by atoms with E-state index >= 15 is 0 Å². The van der Waals surface area contributed by atoms with Crippen molar-refractivity contribution in [2.75, 3.05) is 0 Å².